The second kappa shape index (κ2) is 5.73. The van der Waals surface area contributed by atoms with Crippen LogP contribution in [0.5, 0.6) is 0 Å². The van der Waals surface area contributed by atoms with Crippen molar-refractivity contribution < 1.29 is 4.92 Å². The number of benzene rings is 2. The fourth-order valence-corrected chi connectivity index (χ4v) is 2.66. The van der Waals surface area contributed by atoms with Crippen LogP contribution in [0, 0.1) is 10.1 Å². The molecule has 0 saturated carbocycles. The number of nitrogens with one attached hydrogen (secondary N) is 1. The van der Waals surface area contributed by atoms with Crippen LogP contribution in [0.2, 0.25) is 5.02 Å². The maximum Gasteiger partial charge on any atom is 0.357 e. The molecule has 1 N–H and O–H groups in total. The molecular weight excluding hydrogens is 318 g/mol. The van der Waals surface area contributed by atoms with E-state index in [2.05, 4.69) is 5.32 Å². The van der Waals surface area contributed by atoms with Crippen molar-refractivity contribution >= 4 is 39.6 Å². The van der Waals surface area contributed by atoms with Gasteiger partial charge in [-0.25, -0.2) is 0 Å². The first-order chi connectivity index (χ1) is 11.0. The molecule has 23 heavy (non-hydrogen) atoms. The zero-order chi connectivity index (χ0) is 16.6. The highest BCUT2D eigenvalue weighted by molar-refractivity contribution is 6.33. The number of hydrogen-bond donors (Lipinski definition) is 1. The average Bonchev–Trinajstić information content (AvgIpc) is 2.54. The molecule has 1 aromatic heterocycles. The van der Waals surface area contributed by atoms with Gasteiger partial charge in [-0.2, -0.15) is 0 Å². The van der Waals surface area contributed by atoms with Crippen molar-refractivity contribution in [3.05, 3.63) is 74.0 Å². The van der Waals surface area contributed by atoms with Gasteiger partial charge in [0, 0.05) is 12.4 Å². The Balaban J connectivity index is 2.36. The van der Waals surface area contributed by atoms with E-state index in [4.69, 9.17) is 11.6 Å². The van der Waals surface area contributed by atoms with Gasteiger partial charge in [0.15, 0.2) is 0 Å². The van der Waals surface area contributed by atoms with Crippen molar-refractivity contribution in [2.75, 3.05) is 5.32 Å². The predicted octanol–water partition coefficient (Wildman–Crippen LogP) is 3.84. The molecule has 0 saturated heterocycles. The molecular formula is C16H12ClN3O3. The number of anilines is 2. The normalized spacial score (nSPS) is 10.7. The van der Waals surface area contributed by atoms with Crippen LogP contribution in [0.15, 0.2) is 53.3 Å². The molecule has 0 radical (unpaired) electrons. The van der Waals surface area contributed by atoms with Crippen LogP contribution in [0.4, 0.5) is 17.1 Å². The summed E-state index contributed by atoms with van der Waals surface area (Å²) in [6.45, 7) is 0. The first kappa shape index (κ1) is 15.1. The number of aromatic nitrogens is 1. The molecule has 116 valence electrons. The zero-order valence-corrected chi connectivity index (χ0v) is 12.9. The maximum atomic E-state index is 12.4. The summed E-state index contributed by atoms with van der Waals surface area (Å²) >= 11 is 6.11. The predicted molar refractivity (Wildman–Crippen MR) is 90.6 cm³/mol. The molecule has 3 aromatic rings. The van der Waals surface area contributed by atoms with Crippen molar-refractivity contribution in [3.8, 4) is 0 Å². The van der Waals surface area contributed by atoms with E-state index < -0.39 is 16.2 Å². The molecule has 0 aliphatic carbocycles. The van der Waals surface area contributed by atoms with Gasteiger partial charge in [0.25, 0.3) is 0 Å². The fraction of sp³-hybridized carbons (Fsp3) is 0.0625. The number of rotatable bonds is 3. The molecule has 2 aromatic carbocycles. The quantitative estimate of drug-likeness (QED) is 0.585. The summed E-state index contributed by atoms with van der Waals surface area (Å²) in [6.07, 6.45) is 0. The maximum absolute atomic E-state index is 12.4. The smallest absolute Gasteiger partial charge is 0.348 e. The van der Waals surface area contributed by atoms with E-state index in [0.717, 1.165) is 0 Å². The summed E-state index contributed by atoms with van der Waals surface area (Å²) in [5.74, 6) is 0. The van der Waals surface area contributed by atoms with Crippen LogP contribution < -0.4 is 10.9 Å². The molecule has 7 heteroatoms. The number of nitro groups is 1. The van der Waals surface area contributed by atoms with Gasteiger partial charge < -0.3 is 9.88 Å². The van der Waals surface area contributed by atoms with Gasteiger partial charge in [-0.05, 0) is 18.2 Å². The topological polar surface area (TPSA) is 77.2 Å². The zero-order valence-electron chi connectivity index (χ0n) is 12.1. The molecule has 0 amide bonds. The summed E-state index contributed by atoms with van der Waals surface area (Å²) in [5.41, 5.74) is 0.0458. The Hall–Kier alpha value is -2.86. The van der Waals surface area contributed by atoms with E-state index in [1.165, 1.54) is 11.6 Å². The van der Waals surface area contributed by atoms with Crippen LogP contribution in [-0.4, -0.2) is 9.49 Å². The molecule has 0 aliphatic rings. The Morgan fingerprint density at radius 3 is 2.48 bits per heavy atom. The van der Waals surface area contributed by atoms with Crippen LogP contribution in [0.3, 0.4) is 0 Å². The summed E-state index contributed by atoms with van der Waals surface area (Å²) in [6, 6.07) is 13.9. The number of fused-ring (bicyclic) bond motifs is 1. The number of aryl methyl sites for hydroxylation is 1. The number of pyridine rings is 1. The van der Waals surface area contributed by atoms with Crippen molar-refractivity contribution in [1.29, 1.82) is 0 Å². The van der Waals surface area contributed by atoms with E-state index in [0.29, 0.717) is 21.6 Å². The Morgan fingerprint density at radius 1 is 1.13 bits per heavy atom. The standard InChI is InChI=1S/C16H12ClN3O3/c1-19-13-9-5-2-6-10(13)14(15(16(19)21)20(22)23)18-12-8-4-3-7-11(12)17/h2-9,18H,1H3. The minimum Gasteiger partial charge on any atom is -0.348 e. The Bertz CT molecular complexity index is 982. The number of halogens is 1. The Labute approximate surface area is 136 Å². The summed E-state index contributed by atoms with van der Waals surface area (Å²) in [7, 11) is 1.51. The monoisotopic (exact) mass is 329 g/mol. The van der Waals surface area contributed by atoms with Gasteiger partial charge in [0.1, 0.15) is 5.69 Å². The molecule has 0 aliphatic heterocycles. The van der Waals surface area contributed by atoms with Crippen molar-refractivity contribution in [3.63, 3.8) is 0 Å². The van der Waals surface area contributed by atoms with Gasteiger partial charge in [-0.1, -0.05) is 41.9 Å². The van der Waals surface area contributed by atoms with Crippen LogP contribution in [0.1, 0.15) is 0 Å². The minimum absolute atomic E-state index is 0.141. The molecule has 3 rings (SSSR count). The molecule has 1 heterocycles. The van der Waals surface area contributed by atoms with Crippen molar-refractivity contribution in [2.45, 2.75) is 0 Å². The van der Waals surface area contributed by atoms with Gasteiger partial charge in [0.2, 0.25) is 0 Å². The third-order valence-corrected chi connectivity index (χ3v) is 3.92. The number of nitrogens with zero attached hydrogens (tertiary/aromatic N) is 2. The lowest BCUT2D eigenvalue weighted by Crippen LogP contribution is -2.22. The van der Waals surface area contributed by atoms with E-state index in [1.54, 1.807) is 48.5 Å². The lowest BCUT2D eigenvalue weighted by molar-refractivity contribution is -0.385. The highest BCUT2D eigenvalue weighted by Crippen LogP contribution is 2.34. The summed E-state index contributed by atoms with van der Waals surface area (Å²) < 4.78 is 1.27. The average molecular weight is 330 g/mol. The van der Waals surface area contributed by atoms with Crippen molar-refractivity contribution in [2.24, 2.45) is 7.05 Å². The lowest BCUT2D eigenvalue weighted by atomic mass is 10.1. The fourth-order valence-electron chi connectivity index (χ4n) is 2.47. The second-order valence-corrected chi connectivity index (χ2v) is 5.37. The van der Waals surface area contributed by atoms with E-state index in [-0.39, 0.29) is 5.69 Å². The Morgan fingerprint density at radius 2 is 1.78 bits per heavy atom. The molecule has 0 unspecified atom stereocenters. The highest BCUT2D eigenvalue weighted by Gasteiger charge is 2.25. The van der Waals surface area contributed by atoms with E-state index in [9.17, 15) is 14.9 Å². The van der Waals surface area contributed by atoms with Gasteiger partial charge in [-0.3, -0.25) is 14.9 Å². The van der Waals surface area contributed by atoms with Gasteiger partial charge in [0.05, 0.1) is 21.2 Å². The largest absolute Gasteiger partial charge is 0.357 e. The third kappa shape index (κ3) is 2.53. The minimum atomic E-state index is -0.678. The molecule has 0 bridgehead atoms. The molecule has 0 spiro atoms. The highest BCUT2D eigenvalue weighted by atomic mass is 35.5. The number of hydrogen-bond acceptors (Lipinski definition) is 4. The molecule has 0 atom stereocenters. The second-order valence-electron chi connectivity index (χ2n) is 4.97. The van der Waals surface area contributed by atoms with Crippen molar-refractivity contribution in [1.82, 2.24) is 4.57 Å². The SMILES string of the molecule is Cn1c(=O)c([N+](=O)[O-])c(Nc2ccccc2Cl)c2ccccc21. The first-order valence-corrected chi connectivity index (χ1v) is 7.16. The number of para-hydroxylation sites is 2. The van der Waals surface area contributed by atoms with E-state index in [1.807, 2.05) is 0 Å². The molecule has 0 fully saturated rings. The van der Waals surface area contributed by atoms with Crippen LogP contribution >= 0.6 is 11.6 Å². The third-order valence-electron chi connectivity index (χ3n) is 3.59. The van der Waals surface area contributed by atoms with Gasteiger partial charge >= 0.3 is 11.2 Å². The van der Waals surface area contributed by atoms with Gasteiger partial charge in [-0.15, -0.1) is 0 Å². The Kier molecular flexibility index (Phi) is 3.75. The van der Waals surface area contributed by atoms with Crippen LogP contribution in [-0.2, 0) is 7.05 Å². The summed E-state index contributed by atoms with van der Waals surface area (Å²) in [5, 5.41) is 15.4. The summed E-state index contributed by atoms with van der Waals surface area (Å²) in [4.78, 5) is 23.1. The molecule has 6 nitrogen and oxygen atoms in total. The first-order valence-electron chi connectivity index (χ1n) is 6.78. The lowest BCUT2D eigenvalue weighted by Gasteiger charge is -2.13. The van der Waals surface area contributed by atoms with Crippen LogP contribution in [0.25, 0.3) is 10.9 Å². The van der Waals surface area contributed by atoms with E-state index >= 15 is 0 Å².